The third kappa shape index (κ3) is 66.2. The quantitative estimate of drug-likeness (QED) is 0.425. The van der Waals surface area contributed by atoms with Crippen molar-refractivity contribution in [3.63, 3.8) is 0 Å². The summed E-state index contributed by atoms with van der Waals surface area (Å²) in [5.74, 6) is -0.833. The van der Waals surface area contributed by atoms with E-state index in [1.807, 2.05) is 0 Å². The summed E-state index contributed by atoms with van der Waals surface area (Å²) in [7, 11) is 0. The zero-order valence-corrected chi connectivity index (χ0v) is 5.27. The van der Waals surface area contributed by atoms with Crippen molar-refractivity contribution >= 4 is 43.7 Å². The Bertz CT molecular complexity index is 30.6. The van der Waals surface area contributed by atoms with E-state index in [4.69, 9.17) is 9.90 Å². The molecule has 0 saturated carbocycles. The maximum absolute atomic E-state index is 9.00. The molecule has 5 heavy (non-hydrogen) atoms. The molecule has 0 radical (unpaired) electrons. The van der Waals surface area contributed by atoms with E-state index >= 15 is 0 Å². The van der Waals surface area contributed by atoms with Crippen LogP contribution in [0.25, 0.3) is 0 Å². The standard InChI is InChI=1S/C2H4O2.Ca/c1-2(3)4;/h1H3,(H,3,4);/q;+2. The molecule has 0 aromatic heterocycles. The van der Waals surface area contributed by atoms with Gasteiger partial charge in [0.15, 0.2) is 0 Å². The Morgan fingerprint density at radius 1 is 1.80 bits per heavy atom. The molecule has 2 nitrogen and oxygen atoms in total. The van der Waals surface area contributed by atoms with Crippen LogP contribution in [-0.2, 0) is 4.79 Å². The number of hydrogen-bond acceptors (Lipinski definition) is 1. The zero-order chi connectivity index (χ0) is 3.58. The molecule has 0 aromatic carbocycles. The second kappa shape index (κ2) is 4.73. The number of carboxylic acids is 1. The average molecular weight is 100 g/mol. The van der Waals surface area contributed by atoms with Crippen molar-refractivity contribution in [1.29, 1.82) is 0 Å². The predicted molar refractivity (Wildman–Crippen MR) is 19.1 cm³/mol. The SMILES string of the molecule is CC(=O)O.[Ca+2]. The Kier molecular flexibility index (Phi) is 8.72. The van der Waals surface area contributed by atoms with Gasteiger partial charge in [-0.05, 0) is 0 Å². The van der Waals surface area contributed by atoms with Crippen LogP contribution >= 0.6 is 0 Å². The molecular weight excluding hydrogens is 96.1 g/mol. The summed E-state index contributed by atoms with van der Waals surface area (Å²) < 4.78 is 0. The van der Waals surface area contributed by atoms with Crippen LogP contribution in [0.1, 0.15) is 6.92 Å². The molecule has 24 valence electrons. The van der Waals surface area contributed by atoms with Crippen molar-refractivity contribution in [3.05, 3.63) is 0 Å². The molecule has 1 N–H and O–H groups in total. The van der Waals surface area contributed by atoms with E-state index in [-0.39, 0.29) is 37.7 Å². The number of aliphatic carboxylic acids is 1. The number of carbonyl (C=O) groups is 1. The van der Waals surface area contributed by atoms with Crippen molar-refractivity contribution in [3.8, 4) is 0 Å². The number of carboxylic acid groups (broad SMARTS) is 1. The Morgan fingerprint density at radius 2 is 1.80 bits per heavy atom. The van der Waals surface area contributed by atoms with E-state index in [2.05, 4.69) is 0 Å². The first-order chi connectivity index (χ1) is 1.73. The molecule has 0 spiro atoms. The van der Waals surface area contributed by atoms with Crippen LogP contribution < -0.4 is 0 Å². The normalized spacial score (nSPS) is 5.00. The van der Waals surface area contributed by atoms with Gasteiger partial charge in [0.2, 0.25) is 0 Å². The fourth-order valence-electron chi connectivity index (χ4n) is 0. The molecule has 0 aliphatic rings. The summed E-state index contributed by atoms with van der Waals surface area (Å²) in [6.45, 7) is 1.08. The number of hydrogen-bond donors (Lipinski definition) is 1. The topological polar surface area (TPSA) is 37.3 Å². The van der Waals surface area contributed by atoms with Crippen molar-refractivity contribution in [2.75, 3.05) is 0 Å². The summed E-state index contributed by atoms with van der Waals surface area (Å²) in [4.78, 5) is 9.00. The smallest absolute Gasteiger partial charge is 0.481 e. The van der Waals surface area contributed by atoms with E-state index in [9.17, 15) is 0 Å². The Morgan fingerprint density at radius 3 is 1.80 bits per heavy atom. The van der Waals surface area contributed by atoms with Crippen LogP contribution in [0.5, 0.6) is 0 Å². The summed E-state index contributed by atoms with van der Waals surface area (Å²) in [5, 5.41) is 7.42. The van der Waals surface area contributed by atoms with Crippen LogP contribution in [0.4, 0.5) is 0 Å². The fraction of sp³-hybridized carbons (Fsp3) is 0.500. The molecule has 0 unspecified atom stereocenters. The van der Waals surface area contributed by atoms with E-state index in [1.165, 1.54) is 0 Å². The molecule has 0 rings (SSSR count). The van der Waals surface area contributed by atoms with Gasteiger partial charge in [-0.15, -0.1) is 0 Å². The van der Waals surface area contributed by atoms with Crippen molar-refractivity contribution in [2.24, 2.45) is 0 Å². The first-order valence-electron chi connectivity index (χ1n) is 0.928. The Hall–Kier alpha value is 0.730. The van der Waals surface area contributed by atoms with Gasteiger partial charge in [0.1, 0.15) is 0 Å². The van der Waals surface area contributed by atoms with E-state index in [1.54, 1.807) is 0 Å². The van der Waals surface area contributed by atoms with Crippen molar-refractivity contribution < 1.29 is 9.90 Å². The van der Waals surface area contributed by atoms with Gasteiger partial charge in [-0.1, -0.05) is 0 Å². The van der Waals surface area contributed by atoms with Gasteiger partial charge < -0.3 is 5.11 Å². The van der Waals surface area contributed by atoms with Gasteiger partial charge in [-0.2, -0.15) is 0 Å². The zero-order valence-electron chi connectivity index (χ0n) is 3.06. The van der Waals surface area contributed by atoms with Crippen LogP contribution in [0, 0.1) is 0 Å². The molecule has 0 amide bonds. The molecule has 0 atom stereocenters. The Labute approximate surface area is 60.2 Å². The molecule has 0 heterocycles. The van der Waals surface area contributed by atoms with Crippen molar-refractivity contribution in [1.82, 2.24) is 0 Å². The molecule has 0 aliphatic heterocycles. The average Bonchev–Trinajstić information content (AvgIpc) is 0.811. The van der Waals surface area contributed by atoms with Crippen LogP contribution in [-0.4, -0.2) is 48.8 Å². The molecule has 0 aliphatic carbocycles. The van der Waals surface area contributed by atoms with Gasteiger partial charge in [-0.25, -0.2) is 0 Å². The molecule has 3 heteroatoms. The summed E-state index contributed by atoms with van der Waals surface area (Å²) in [5.41, 5.74) is 0. The molecular formula is C2H4CaO2+2. The summed E-state index contributed by atoms with van der Waals surface area (Å²) in [6, 6.07) is 0. The van der Waals surface area contributed by atoms with Gasteiger partial charge in [0.05, 0.1) is 0 Å². The Balaban J connectivity index is 0. The van der Waals surface area contributed by atoms with E-state index < -0.39 is 5.97 Å². The summed E-state index contributed by atoms with van der Waals surface area (Å²) in [6.07, 6.45) is 0. The van der Waals surface area contributed by atoms with Gasteiger partial charge in [-0.3, -0.25) is 4.79 Å². The second-order valence-corrected chi connectivity index (χ2v) is 0.519. The minimum atomic E-state index is -0.833. The molecule has 0 bridgehead atoms. The molecule has 0 saturated heterocycles. The second-order valence-electron chi connectivity index (χ2n) is 0.519. The first kappa shape index (κ1) is 9.21. The van der Waals surface area contributed by atoms with E-state index in [0.717, 1.165) is 6.92 Å². The van der Waals surface area contributed by atoms with Gasteiger partial charge in [0.25, 0.3) is 5.97 Å². The molecule has 0 fully saturated rings. The third-order valence-corrected chi connectivity index (χ3v) is 0. The van der Waals surface area contributed by atoms with Gasteiger partial charge >= 0.3 is 37.7 Å². The summed E-state index contributed by atoms with van der Waals surface area (Å²) >= 11 is 0. The predicted octanol–water partition coefficient (Wildman–Crippen LogP) is -0.290. The van der Waals surface area contributed by atoms with Gasteiger partial charge in [0, 0.05) is 6.92 Å². The monoisotopic (exact) mass is 100.0 g/mol. The fourth-order valence-corrected chi connectivity index (χ4v) is 0. The first-order valence-corrected chi connectivity index (χ1v) is 0.928. The minimum Gasteiger partial charge on any atom is -0.481 e. The van der Waals surface area contributed by atoms with Crippen molar-refractivity contribution in [2.45, 2.75) is 6.92 Å². The molecule has 0 aromatic rings. The third-order valence-electron chi connectivity index (χ3n) is 0. The largest absolute Gasteiger partial charge is 2.00 e. The maximum Gasteiger partial charge on any atom is 2.00 e. The minimum absolute atomic E-state index is 0. The maximum atomic E-state index is 9.00. The van der Waals surface area contributed by atoms with Crippen LogP contribution in [0.3, 0.4) is 0 Å². The van der Waals surface area contributed by atoms with Crippen LogP contribution in [0.15, 0.2) is 0 Å². The van der Waals surface area contributed by atoms with E-state index in [0.29, 0.717) is 0 Å². The number of rotatable bonds is 0. The van der Waals surface area contributed by atoms with Crippen LogP contribution in [0.2, 0.25) is 0 Å².